The molecule has 29 heavy (non-hydrogen) atoms. The normalized spacial score (nSPS) is 15.0. The molecule has 1 saturated heterocycles. The lowest BCUT2D eigenvalue weighted by atomic mass is 9.90. The maximum absolute atomic E-state index is 12.3. The molecule has 1 fully saturated rings. The molecule has 1 aliphatic heterocycles. The molecule has 0 aliphatic carbocycles. The highest BCUT2D eigenvalue weighted by Crippen LogP contribution is 2.36. The first-order chi connectivity index (χ1) is 13.9. The van der Waals surface area contributed by atoms with E-state index in [1.165, 1.54) is 0 Å². The van der Waals surface area contributed by atoms with Crippen LogP contribution in [0.25, 0.3) is 11.1 Å². The summed E-state index contributed by atoms with van der Waals surface area (Å²) in [5.41, 5.74) is 8.57. The Morgan fingerprint density at radius 3 is 2.41 bits per heavy atom. The van der Waals surface area contributed by atoms with Crippen molar-refractivity contribution >= 4 is 11.7 Å². The summed E-state index contributed by atoms with van der Waals surface area (Å²) in [5.74, 6) is 1.26. The van der Waals surface area contributed by atoms with Gasteiger partial charge in [0.1, 0.15) is 11.6 Å². The molecule has 6 heteroatoms. The largest absolute Gasteiger partial charge is 0.497 e. The van der Waals surface area contributed by atoms with Crippen molar-refractivity contribution in [3.63, 3.8) is 0 Å². The Bertz CT molecular complexity index is 843. The van der Waals surface area contributed by atoms with Crippen LogP contribution in [-0.2, 0) is 0 Å². The number of ether oxygens (including phenoxy) is 1. The molecule has 2 heterocycles. The number of pyridine rings is 1. The summed E-state index contributed by atoms with van der Waals surface area (Å²) in [7, 11) is 1.63. The smallest absolute Gasteiger partial charge is 0.250 e. The van der Waals surface area contributed by atoms with Crippen LogP contribution in [0.4, 0.5) is 5.82 Å². The maximum Gasteiger partial charge on any atom is 0.250 e. The van der Waals surface area contributed by atoms with E-state index in [1.54, 1.807) is 7.11 Å². The van der Waals surface area contributed by atoms with Crippen LogP contribution in [0.1, 0.15) is 55.1 Å². The molecule has 6 nitrogen and oxygen atoms in total. The second kappa shape index (κ2) is 9.27. The first-order valence-corrected chi connectivity index (χ1v) is 10.3. The number of amides is 1. The van der Waals surface area contributed by atoms with Crippen molar-refractivity contribution in [1.82, 2.24) is 4.98 Å². The number of carbonyl (C=O) groups excluding carboxylic acids is 1. The van der Waals surface area contributed by atoms with Crippen molar-refractivity contribution in [1.29, 1.82) is 0 Å². The number of carbonyl (C=O) groups is 1. The van der Waals surface area contributed by atoms with Crippen LogP contribution < -0.4 is 15.4 Å². The van der Waals surface area contributed by atoms with Crippen molar-refractivity contribution in [2.75, 3.05) is 31.7 Å². The van der Waals surface area contributed by atoms with Gasteiger partial charge in [-0.2, -0.15) is 0 Å². The molecule has 1 aromatic heterocycles. The van der Waals surface area contributed by atoms with Gasteiger partial charge in [0.2, 0.25) is 0 Å². The van der Waals surface area contributed by atoms with Crippen LogP contribution in [0.15, 0.2) is 30.3 Å². The lowest BCUT2D eigenvalue weighted by Gasteiger charge is -2.25. The standard InChI is InChI=1S/C23H31N3O3/c1-15(2)12-17(14-27)21-20(22(24)28)13-19(16-6-8-18(29-3)9-7-16)23(25-21)26-10-4-5-11-26/h6-9,13,15,17,27H,4-5,10-12,14H2,1-3H3,(H2,24,28)/t17-/m0/s1. The minimum atomic E-state index is -0.516. The van der Waals surface area contributed by atoms with Gasteiger partial charge in [0.15, 0.2) is 0 Å². The van der Waals surface area contributed by atoms with E-state index < -0.39 is 5.91 Å². The van der Waals surface area contributed by atoms with Crippen LogP contribution >= 0.6 is 0 Å². The lowest BCUT2D eigenvalue weighted by Crippen LogP contribution is -2.25. The average molecular weight is 398 g/mol. The van der Waals surface area contributed by atoms with Gasteiger partial charge in [-0.15, -0.1) is 0 Å². The minimum Gasteiger partial charge on any atom is -0.497 e. The van der Waals surface area contributed by atoms with Gasteiger partial charge < -0.3 is 20.5 Å². The Morgan fingerprint density at radius 1 is 1.24 bits per heavy atom. The molecule has 1 aliphatic rings. The van der Waals surface area contributed by atoms with Gasteiger partial charge in [0.25, 0.3) is 5.91 Å². The van der Waals surface area contributed by atoms with Crippen LogP contribution in [0, 0.1) is 5.92 Å². The number of aliphatic hydroxyl groups excluding tert-OH is 1. The van der Waals surface area contributed by atoms with Gasteiger partial charge in [0.05, 0.1) is 25.0 Å². The van der Waals surface area contributed by atoms with Crippen LogP contribution in [0.3, 0.4) is 0 Å². The fraction of sp³-hybridized carbons (Fsp3) is 0.478. The zero-order chi connectivity index (χ0) is 21.0. The number of benzene rings is 1. The van der Waals surface area contributed by atoms with Crippen LogP contribution in [0.2, 0.25) is 0 Å². The first-order valence-electron chi connectivity index (χ1n) is 10.3. The highest BCUT2D eigenvalue weighted by Gasteiger charge is 2.26. The molecule has 1 atom stereocenters. The zero-order valence-electron chi connectivity index (χ0n) is 17.5. The molecular weight excluding hydrogens is 366 g/mol. The van der Waals surface area contributed by atoms with Crippen molar-refractivity contribution in [2.24, 2.45) is 11.7 Å². The second-order valence-corrected chi connectivity index (χ2v) is 8.09. The van der Waals surface area contributed by atoms with Gasteiger partial charge in [-0.05, 0) is 48.9 Å². The van der Waals surface area contributed by atoms with E-state index in [0.29, 0.717) is 17.2 Å². The van der Waals surface area contributed by atoms with Gasteiger partial charge >= 0.3 is 0 Å². The summed E-state index contributed by atoms with van der Waals surface area (Å²) in [4.78, 5) is 19.5. The van der Waals surface area contributed by atoms with Crippen molar-refractivity contribution < 1.29 is 14.6 Å². The fourth-order valence-electron chi connectivity index (χ4n) is 4.02. The topological polar surface area (TPSA) is 88.7 Å². The predicted molar refractivity (Wildman–Crippen MR) is 115 cm³/mol. The van der Waals surface area contributed by atoms with Crippen molar-refractivity contribution in [3.8, 4) is 16.9 Å². The number of aliphatic hydroxyl groups is 1. The Hall–Kier alpha value is -2.60. The summed E-state index contributed by atoms with van der Waals surface area (Å²) >= 11 is 0. The highest BCUT2D eigenvalue weighted by atomic mass is 16.5. The van der Waals surface area contributed by atoms with E-state index >= 15 is 0 Å². The molecule has 0 spiro atoms. The molecule has 1 aromatic carbocycles. The molecule has 0 radical (unpaired) electrons. The molecule has 0 unspecified atom stereocenters. The van der Waals surface area contributed by atoms with Crippen molar-refractivity contribution in [2.45, 2.75) is 39.0 Å². The number of rotatable bonds is 8. The van der Waals surface area contributed by atoms with Gasteiger partial charge in [-0.3, -0.25) is 4.79 Å². The Kier molecular flexibility index (Phi) is 6.75. The quantitative estimate of drug-likeness (QED) is 0.711. The van der Waals surface area contributed by atoms with E-state index in [1.807, 2.05) is 30.3 Å². The third-order valence-corrected chi connectivity index (χ3v) is 5.47. The highest BCUT2D eigenvalue weighted by molar-refractivity contribution is 5.96. The number of hydrogen-bond donors (Lipinski definition) is 2. The third kappa shape index (κ3) is 4.70. The molecule has 2 aromatic rings. The fourth-order valence-corrected chi connectivity index (χ4v) is 4.02. The first kappa shape index (κ1) is 21.1. The predicted octanol–water partition coefficient (Wildman–Crippen LogP) is 3.58. The molecular formula is C23H31N3O3. The Labute approximate surface area is 172 Å². The second-order valence-electron chi connectivity index (χ2n) is 8.09. The Morgan fingerprint density at radius 2 is 1.90 bits per heavy atom. The van der Waals surface area contributed by atoms with Crippen LogP contribution in [0.5, 0.6) is 5.75 Å². The lowest BCUT2D eigenvalue weighted by molar-refractivity contribution is 0.0997. The maximum atomic E-state index is 12.3. The number of hydrogen-bond acceptors (Lipinski definition) is 5. The summed E-state index contributed by atoms with van der Waals surface area (Å²) in [6, 6.07) is 9.59. The zero-order valence-corrected chi connectivity index (χ0v) is 17.5. The van der Waals surface area contributed by atoms with E-state index in [2.05, 4.69) is 18.7 Å². The number of nitrogens with two attached hydrogens (primary N) is 1. The Balaban J connectivity index is 2.18. The number of methoxy groups -OCH3 is 1. The average Bonchev–Trinajstić information content (AvgIpc) is 3.25. The molecule has 1 amide bonds. The van der Waals surface area contributed by atoms with E-state index in [4.69, 9.17) is 15.5 Å². The summed E-state index contributed by atoms with van der Waals surface area (Å²) in [6.07, 6.45) is 2.98. The molecule has 3 N–H and O–H groups in total. The monoisotopic (exact) mass is 397 g/mol. The van der Waals surface area contributed by atoms with E-state index in [9.17, 15) is 9.90 Å². The van der Waals surface area contributed by atoms with Gasteiger partial charge in [0, 0.05) is 24.6 Å². The number of aromatic nitrogens is 1. The number of anilines is 1. The number of primary amides is 1. The van der Waals surface area contributed by atoms with E-state index in [0.717, 1.165) is 55.0 Å². The molecule has 0 bridgehead atoms. The summed E-state index contributed by atoms with van der Waals surface area (Å²) < 4.78 is 5.27. The molecule has 156 valence electrons. The summed E-state index contributed by atoms with van der Waals surface area (Å²) in [6.45, 7) is 5.99. The van der Waals surface area contributed by atoms with Crippen LogP contribution in [-0.4, -0.2) is 42.8 Å². The van der Waals surface area contributed by atoms with E-state index in [-0.39, 0.29) is 12.5 Å². The molecule has 3 rings (SSSR count). The van der Waals surface area contributed by atoms with Gasteiger partial charge in [-0.25, -0.2) is 4.98 Å². The summed E-state index contributed by atoms with van der Waals surface area (Å²) in [5, 5.41) is 10.0. The minimum absolute atomic E-state index is 0.0627. The molecule has 0 saturated carbocycles. The van der Waals surface area contributed by atoms with Crippen molar-refractivity contribution in [3.05, 3.63) is 41.6 Å². The van der Waals surface area contributed by atoms with Gasteiger partial charge in [-0.1, -0.05) is 26.0 Å². The third-order valence-electron chi connectivity index (χ3n) is 5.47. The number of nitrogens with zero attached hydrogens (tertiary/aromatic N) is 2. The SMILES string of the molecule is COc1ccc(-c2cc(C(N)=O)c([C@H](CO)CC(C)C)nc2N2CCCC2)cc1.